The predicted molar refractivity (Wildman–Crippen MR) is 136 cm³/mol. The zero-order chi connectivity index (χ0) is 23.3. The molecule has 172 valence electrons. The van der Waals surface area contributed by atoms with Gasteiger partial charge in [-0.3, -0.25) is 4.79 Å². The number of hydrogen-bond donors (Lipinski definition) is 0. The van der Waals surface area contributed by atoms with Crippen molar-refractivity contribution in [2.24, 2.45) is 11.8 Å². The van der Waals surface area contributed by atoms with Crippen LogP contribution >= 0.6 is 0 Å². The van der Waals surface area contributed by atoms with E-state index in [4.69, 9.17) is 4.74 Å². The van der Waals surface area contributed by atoms with Crippen LogP contribution in [0.15, 0.2) is 48.5 Å². The highest BCUT2D eigenvalue weighted by atomic mass is 16.5. The Morgan fingerprint density at radius 3 is 1.91 bits per heavy atom. The Kier molecular flexibility index (Phi) is 10.1. The lowest BCUT2D eigenvalue weighted by molar-refractivity contribution is -0.140. The Labute approximate surface area is 200 Å². The Morgan fingerprint density at radius 1 is 0.788 bits per heavy atom. The maximum atomic E-state index is 12.5. The van der Waals surface area contributed by atoms with Gasteiger partial charge in [0, 0.05) is 23.1 Å². The first-order valence-electron chi connectivity index (χ1n) is 12.6. The lowest BCUT2D eigenvalue weighted by atomic mass is 9.80. The lowest BCUT2D eigenvalue weighted by Gasteiger charge is -2.27. The van der Waals surface area contributed by atoms with Gasteiger partial charge in [0.1, 0.15) is 5.75 Å². The highest BCUT2D eigenvalue weighted by Crippen LogP contribution is 2.32. The highest BCUT2D eigenvalue weighted by molar-refractivity contribution is 5.75. The average Bonchev–Trinajstić information content (AvgIpc) is 2.86. The topological polar surface area (TPSA) is 26.3 Å². The zero-order valence-electron chi connectivity index (χ0n) is 20.2. The summed E-state index contributed by atoms with van der Waals surface area (Å²) >= 11 is 0. The SMILES string of the molecule is CCCCC#Cc1ccc(C#Cc2ccc(OC(=O)C3CCC(CCCC)CC3)cc2)cc1. The Morgan fingerprint density at radius 2 is 1.33 bits per heavy atom. The standard InChI is InChI=1S/C31H36O2/c1-3-5-7-8-10-26-11-13-27(14-12-26)15-16-28-19-23-30(24-20-28)33-31(32)29-21-17-25(18-22-29)9-6-4-2/h11-14,19-20,23-25,29H,3-7,9,17-18,21-22H2,1-2H3. The van der Waals surface area contributed by atoms with Crippen LogP contribution in [0, 0.1) is 35.5 Å². The van der Waals surface area contributed by atoms with Crippen molar-refractivity contribution in [1.82, 2.24) is 0 Å². The van der Waals surface area contributed by atoms with Gasteiger partial charge in [-0.05, 0) is 86.6 Å². The monoisotopic (exact) mass is 440 g/mol. The minimum atomic E-state index is -0.0827. The molecule has 0 atom stereocenters. The van der Waals surface area contributed by atoms with Gasteiger partial charge in [0.05, 0.1) is 5.92 Å². The Hall–Kier alpha value is -2.97. The Bertz CT molecular complexity index is 985. The minimum Gasteiger partial charge on any atom is -0.426 e. The maximum absolute atomic E-state index is 12.5. The van der Waals surface area contributed by atoms with Crippen molar-refractivity contribution in [3.63, 3.8) is 0 Å². The summed E-state index contributed by atoms with van der Waals surface area (Å²) in [7, 11) is 0. The first-order chi connectivity index (χ1) is 16.2. The van der Waals surface area contributed by atoms with Gasteiger partial charge in [-0.25, -0.2) is 0 Å². The van der Waals surface area contributed by atoms with E-state index >= 15 is 0 Å². The second-order valence-corrected chi connectivity index (χ2v) is 9.04. The number of unbranched alkanes of at least 4 members (excludes halogenated alkanes) is 3. The average molecular weight is 441 g/mol. The number of carbonyl (C=O) groups excluding carboxylic acids is 1. The summed E-state index contributed by atoms with van der Waals surface area (Å²) < 4.78 is 5.65. The van der Waals surface area contributed by atoms with Gasteiger partial charge >= 0.3 is 5.97 Å². The van der Waals surface area contributed by atoms with Crippen molar-refractivity contribution in [2.45, 2.75) is 78.1 Å². The van der Waals surface area contributed by atoms with E-state index in [0.29, 0.717) is 5.75 Å². The first-order valence-corrected chi connectivity index (χ1v) is 12.6. The van der Waals surface area contributed by atoms with E-state index in [1.165, 1.54) is 25.7 Å². The van der Waals surface area contributed by atoms with Gasteiger partial charge in [-0.1, -0.05) is 63.2 Å². The molecule has 2 heteroatoms. The summed E-state index contributed by atoms with van der Waals surface area (Å²) in [4.78, 5) is 12.5. The number of ether oxygens (including phenoxy) is 1. The molecule has 0 saturated heterocycles. The highest BCUT2D eigenvalue weighted by Gasteiger charge is 2.27. The normalized spacial score (nSPS) is 17.3. The van der Waals surface area contributed by atoms with Crippen LogP contribution in [0.5, 0.6) is 5.75 Å². The van der Waals surface area contributed by atoms with Crippen molar-refractivity contribution < 1.29 is 9.53 Å². The van der Waals surface area contributed by atoms with Crippen LogP contribution in [0.2, 0.25) is 0 Å². The molecule has 0 aromatic heterocycles. The third-order valence-electron chi connectivity index (χ3n) is 6.34. The third-order valence-corrected chi connectivity index (χ3v) is 6.34. The minimum absolute atomic E-state index is 0.0432. The predicted octanol–water partition coefficient (Wildman–Crippen LogP) is 7.53. The number of carbonyl (C=O) groups is 1. The van der Waals surface area contributed by atoms with E-state index in [-0.39, 0.29) is 11.9 Å². The summed E-state index contributed by atoms with van der Waals surface area (Å²) in [5.74, 6) is 14.1. The summed E-state index contributed by atoms with van der Waals surface area (Å²) in [6.45, 7) is 4.42. The number of esters is 1. The van der Waals surface area contributed by atoms with Crippen molar-refractivity contribution >= 4 is 5.97 Å². The first kappa shape index (κ1) is 24.7. The zero-order valence-corrected chi connectivity index (χ0v) is 20.2. The Balaban J connectivity index is 1.48. The molecule has 2 aromatic rings. The molecule has 1 aliphatic carbocycles. The molecule has 2 aromatic carbocycles. The third kappa shape index (κ3) is 8.47. The molecule has 1 aliphatic rings. The van der Waals surface area contributed by atoms with E-state index in [9.17, 15) is 4.79 Å². The van der Waals surface area contributed by atoms with Gasteiger partial charge < -0.3 is 4.74 Å². The molecule has 0 spiro atoms. The summed E-state index contributed by atoms with van der Waals surface area (Å²) in [5.41, 5.74) is 2.88. The molecule has 0 unspecified atom stereocenters. The van der Waals surface area contributed by atoms with Crippen LogP contribution in [0.25, 0.3) is 0 Å². The maximum Gasteiger partial charge on any atom is 0.314 e. The van der Waals surface area contributed by atoms with E-state index in [0.717, 1.165) is 61.1 Å². The van der Waals surface area contributed by atoms with Crippen molar-refractivity contribution in [3.05, 3.63) is 65.2 Å². The molecule has 2 nitrogen and oxygen atoms in total. The van der Waals surface area contributed by atoms with Crippen LogP contribution in [0.4, 0.5) is 0 Å². The van der Waals surface area contributed by atoms with Gasteiger partial charge in [0.25, 0.3) is 0 Å². The van der Waals surface area contributed by atoms with Gasteiger partial charge in [0.2, 0.25) is 0 Å². The van der Waals surface area contributed by atoms with Crippen molar-refractivity contribution in [3.8, 4) is 29.4 Å². The van der Waals surface area contributed by atoms with Gasteiger partial charge in [0.15, 0.2) is 0 Å². The molecule has 0 heterocycles. The van der Waals surface area contributed by atoms with E-state index in [1.54, 1.807) is 0 Å². The van der Waals surface area contributed by atoms with Crippen LogP contribution < -0.4 is 4.74 Å². The fraction of sp³-hybridized carbons (Fsp3) is 0.452. The van der Waals surface area contributed by atoms with Crippen LogP contribution in [-0.4, -0.2) is 5.97 Å². The van der Waals surface area contributed by atoms with Crippen molar-refractivity contribution in [1.29, 1.82) is 0 Å². The number of benzene rings is 2. The molecular formula is C31H36O2. The molecule has 0 N–H and O–H groups in total. The molecule has 0 aliphatic heterocycles. The van der Waals surface area contributed by atoms with Crippen molar-refractivity contribution in [2.75, 3.05) is 0 Å². The molecule has 0 amide bonds. The fourth-order valence-corrected chi connectivity index (χ4v) is 4.20. The second-order valence-electron chi connectivity index (χ2n) is 9.04. The van der Waals surface area contributed by atoms with E-state index in [2.05, 4.69) is 37.5 Å². The molecule has 0 radical (unpaired) electrons. The van der Waals surface area contributed by atoms with Crippen LogP contribution in [0.3, 0.4) is 0 Å². The molecule has 0 bridgehead atoms. The molecule has 33 heavy (non-hydrogen) atoms. The number of rotatable bonds is 7. The summed E-state index contributed by atoms with van der Waals surface area (Å²) in [6.07, 6.45) is 11.3. The van der Waals surface area contributed by atoms with Gasteiger partial charge in [-0.2, -0.15) is 0 Å². The molecule has 1 fully saturated rings. The molecular weight excluding hydrogens is 404 g/mol. The van der Waals surface area contributed by atoms with Crippen LogP contribution in [-0.2, 0) is 4.79 Å². The van der Waals surface area contributed by atoms with E-state index < -0.39 is 0 Å². The second kappa shape index (κ2) is 13.5. The molecule has 3 rings (SSSR count). The van der Waals surface area contributed by atoms with E-state index in [1.807, 2.05) is 48.5 Å². The van der Waals surface area contributed by atoms with Crippen LogP contribution in [0.1, 0.15) is 94.7 Å². The quantitative estimate of drug-likeness (QED) is 0.192. The van der Waals surface area contributed by atoms with Gasteiger partial charge in [-0.15, -0.1) is 0 Å². The summed E-state index contributed by atoms with van der Waals surface area (Å²) in [5, 5.41) is 0. The molecule has 1 saturated carbocycles. The lowest BCUT2D eigenvalue weighted by Crippen LogP contribution is -2.25. The number of hydrogen-bond acceptors (Lipinski definition) is 2. The largest absolute Gasteiger partial charge is 0.426 e. The fourth-order valence-electron chi connectivity index (χ4n) is 4.20. The summed E-state index contributed by atoms with van der Waals surface area (Å²) in [6, 6.07) is 15.5. The smallest absolute Gasteiger partial charge is 0.314 e.